The number of hydrogen-bond donors (Lipinski definition) is 1. The van der Waals surface area contributed by atoms with E-state index in [-0.39, 0.29) is 51.7 Å². The summed E-state index contributed by atoms with van der Waals surface area (Å²) in [5, 5.41) is -0.0574. The number of aromatic nitrogens is 3. The van der Waals surface area contributed by atoms with E-state index in [1.807, 2.05) is 0 Å². The summed E-state index contributed by atoms with van der Waals surface area (Å²) in [6, 6.07) is 5.02. The van der Waals surface area contributed by atoms with E-state index in [1.54, 1.807) is 0 Å². The van der Waals surface area contributed by atoms with E-state index in [0.29, 0.717) is 5.52 Å². The van der Waals surface area contributed by atoms with Crippen LogP contribution in [-0.4, -0.2) is 69.7 Å². The van der Waals surface area contributed by atoms with Crippen molar-refractivity contribution in [1.82, 2.24) is 15.0 Å². The molecule has 3 aromatic rings. The Labute approximate surface area is 187 Å². The molecule has 0 saturated carbocycles. The number of benzene rings is 1. The minimum atomic E-state index is -3.02. The maximum atomic E-state index is 12.8. The van der Waals surface area contributed by atoms with Crippen molar-refractivity contribution in [2.24, 2.45) is 0 Å². The Morgan fingerprint density at radius 1 is 1.30 bits per heavy atom. The first-order valence-corrected chi connectivity index (χ1v) is 8.31. The molecule has 0 radical (unpaired) electrons. The molecule has 140 valence electrons. The number of nitrogens with one attached hydrogen (secondary N) is 1. The summed E-state index contributed by atoms with van der Waals surface area (Å²) in [5.74, 6) is -1.47. The summed E-state index contributed by atoms with van der Waals surface area (Å²) in [6.45, 7) is -3.02. The van der Waals surface area contributed by atoms with Crippen molar-refractivity contribution >= 4 is 51.8 Å². The van der Waals surface area contributed by atoms with Crippen LogP contribution in [0.25, 0.3) is 11.0 Å². The minimum absolute atomic E-state index is 0. The van der Waals surface area contributed by atoms with E-state index in [4.69, 9.17) is 17.7 Å². The molecule has 1 aromatic carbocycles. The van der Waals surface area contributed by atoms with E-state index in [9.17, 15) is 13.3 Å². The zero-order chi connectivity index (χ0) is 23.7. The molecule has 0 aliphatic heterocycles. The molecule has 0 bridgehead atoms. The van der Waals surface area contributed by atoms with E-state index < -0.39 is 49.1 Å². The predicted molar refractivity (Wildman–Crippen MR) is 97.3 cm³/mol. The van der Waals surface area contributed by atoms with Crippen molar-refractivity contribution in [2.45, 2.75) is 17.5 Å². The first-order chi connectivity index (χ1) is 14.8. The van der Waals surface area contributed by atoms with Gasteiger partial charge in [0.15, 0.2) is 17.3 Å². The van der Waals surface area contributed by atoms with Gasteiger partial charge in [0.25, 0.3) is 0 Å². The third-order valence-corrected chi connectivity index (χ3v) is 4.46. The van der Waals surface area contributed by atoms with Gasteiger partial charge in [0, 0.05) is 29.5 Å². The summed E-state index contributed by atoms with van der Waals surface area (Å²) < 4.78 is 95.2. The Bertz CT molecular complexity index is 1100. The summed E-state index contributed by atoms with van der Waals surface area (Å²) in [5.41, 5.74) is 0.447. The molecular weight excluding hydrogens is 391 g/mol. The van der Waals surface area contributed by atoms with Gasteiger partial charge < -0.3 is 18.8 Å². The summed E-state index contributed by atoms with van der Waals surface area (Å²) >= 11 is -1.93. The van der Waals surface area contributed by atoms with Gasteiger partial charge in [-0.1, -0.05) is 0 Å². The van der Waals surface area contributed by atoms with Gasteiger partial charge in [-0.15, -0.1) is 0 Å². The zero-order valence-corrected chi connectivity index (χ0v) is 13.7. The molecule has 1 unspecified atom stereocenters. The Morgan fingerprint density at radius 3 is 2.85 bits per heavy atom. The van der Waals surface area contributed by atoms with Crippen LogP contribution in [0, 0.1) is 0 Å². The number of rotatable bonds is 7. The Hall–Kier alpha value is -1.59. The van der Waals surface area contributed by atoms with Gasteiger partial charge in [-0.2, -0.15) is 13.8 Å². The van der Waals surface area contributed by atoms with Gasteiger partial charge in [0.1, 0.15) is 11.4 Å². The number of aromatic amines is 1. The van der Waals surface area contributed by atoms with Crippen molar-refractivity contribution < 1.29 is 35.8 Å². The van der Waals surface area contributed by atoms with Crippen molar-refractivity contribution in [3.8, 4) is 17.2 Å². The number of hydrogen-bond acceptors (Lipinski definition) is 6. The van der Waals surface area contributed by atoms with Gasteiger partial charge in [0.2, 0.25) is 0 Å². The van der Waals surface area contributed by atoms with Gasteiger partial charge in [-0.3, -0.25) is 9.97 Å². The molecule has 1 N–H and O–H groups in total. The van der Waals surface area contributed by atoms with Crippen LogP contribution < -0.4 is 14.2 Å². The van der Waals surface area contributed by atoms with Crippen LogP contribution in [0.3, 0.4) is 0 Å². The van der Waals surface area contributed by atoms with Crippen LogP contribution in [0.4, 0.5) is 8.78 Å². The fourth-order valence-corrected chi connectivity index (χ4v) is 3.22. The molecule has 0 amide bonds. The molecule has 11 heteroatoms. The summed E-state index contributed by atoms with van der Waals surface area (Å²) in [4.78, 5) is 10.8. The molecule has 0 saturated heterocycles. The normalized spacial score (nSPS) is 16.1. The molecular formula is C16H16F2N3NaO4S. The van der Waals surface area contributed by atoms with Crippen molar-refractivity contribution in [2.75, 3.05) is 14.1 Å². The molecule has 27 heavy (non-hydrogen) atoms. The Kier molecular flexibility index (Phi) is 5.10. The topological polar surface area (TPSA) is 92.3 Å². The molecule has 0 aliphatic carbocycles. The van der Waals surface area contributed by atoms with Crippen LogP contribution in [0.15, 0.2) is 35.6 Å². The number of fused-ring (bicyclic) bond motifs is 1. The van der Waals surface area contributed by atoms with Gasteiger partial charge in [-0.05, 0) is 12.1 Å². The average molecular weight is 413 g/mol. The SMILES string of the molecule is [2H]C([2H])([2H])Oc1ccnc(C[S+]([O-])c2nc3cc(OC(F)F)ccc3[nH]2)c1OC([2H])([2H])[2H].[NaH]. The van der Waals surface area contributed by atoms with Crippen LogP contribution in [0.5, 0.6) is 17.2 Å². The second-order valence-corrected chi connectivity index (χ2v) is 6.24. The molecule has 1 atom stereocenters. The number of nitrogens with zero attached hydrogens (tertiary/aromatic N) is 2. The number of pyridine rings is 1. The van der Waals surface area contributed by atoms with E-state index >= 15 is 0 Å². The molecule has 0 spiro atoms. The van der Waals surface area contributed by atoms with E-state index in [0.717, 1.165) is 12.3 Å². The first-order valence-electron chi connectivity index (χ1n) is 9.99. The number of halogens is 2. The van der Waals surface area contributed by atoms with Crippen molar-refractivity contribution in [3.63, 3.8) is 0 Å². The third kappa shape index (κ3) is 5.02. The quantitative estimate of drug-likeness (QED) is 0.472. The van der Waals surface area contributed by atoms with Gasteiger partial charge >= 0.3 is 41.3 Å². The third-order valence-electron chi connectivity index (χ3n) is 3.30. The fourth-order valence-electron chi connectivity index (χ4n) is 2.20. The number of H-pyrrole nitrogens is 1. The standard InChI is InChI=1S/C16H15F2N3O4S.Na.H/c1-23-13-5-6-19-12(14(13)24-2)8-26(22)16-20-10-4-3-9(25-15(17)18)7-11(10)21-16;;/h3-7,15H,8H2,1-2H3,(H,20,21);;/i1D3,2D3;;. The van der Waals surface area contributed by atoms with Crippen molar-refractivity contribution in [3.05, 3.63) is 36.2 Å². The molecule has 0 aliphatic rings. The summed E-state index contributed by atoms with van der Waals surface area (Å²) in [7, 11) is -5.87. The number of ether oxygens (including phenoxy) is 3. The first kappa shape index (κ1) is 14.4. The number of imidazole rings is 1. The van der Waals surface area contributed by atoms with Gasteiger partial charge in [-0.25, -0.2) is 0 Å². The number of methoxy groups -OCH3 is 2. The van der Waals surface area contributed by atoms with Crippen LogP contribution in [-0.2, 0) is 16.9 Å². The molecule has 0 fully saturated rings. The second-order valence-electron chi connectivity index (χ2n) is 4.88. The van der Waals surface area contributed by atoms with Crippen molar-refractivity contribution in [1.29, 1.82) is 0 Å². The monoisotopic (exact) mass is 413 g/mol. The maximum absolute atomic E-state index is 12.8. The Morgan fingerprint density at radius 2 is 2.11 bits per heavy atom. The molecule has 2 aromatic heterocycles. The van der Waals surface area contributed by atoms with E-state index in [1.165, 1.54) is 18.2 Å². The van der Waals surface area contributed by atoms with Crippen LogP contribution in [0.1, 0.15) is 13.9 Å². The Balaban J connectivity index is 0.00000385. The fraction of sp³-hybridized carbons (Fsp3) is 0.250. The average Bonchev–Trinajstić information content (AvgIpc) is 3.05. The number of alkyl halides is 2. The molecule has 7 nitrogen and oxygen atoms in total. The van der Waals surface area contributed by atoms with E-state index in [2.05, 4.69) is 19.7 Å². The zero-order valence-electron chi connectivity index (χ0n) is 18.9. The summed E-state index contributed by atoms with van der Waals surface area (Å²) in [6.07, 6.45) is 1.15. The second kappa shape index (κ2) is 9.56. The molecule has 2 heterocycles. The van der Waals surface area contributed by atoms with Crippen LogP contribution >= 0.6 is 0 Å². The van der Waals surface area contributed by atoms with Gasteiger partial charge in [0.05, 0.1) is 33.3 Å². The predicted octanol–water partition coefficient (Wildman–Crippen LogP) is 2.24. The van der Waals surface area contributed by atoms with Crippen LogP contribution in [0.2, 0.25) is 0 Å². The molecule has 3 rings (SSSR count).